The molecule has 10 unspecified atom stereocenters. The van der Waals surface area contributed by atoms with Crippen molar-refractivity contribution in [1.29, 1.82) is 0 Å². The number of amides is 2. The number of carbonyl (C=O) groups is 3. The molecule has 10 atom stereocenters. The van der Waals surface area contributed by atoms with Gasteiger partial charge in [-0.3, -0.25) is 19.2 Å². The maximum Gasteiger partial charge on any atom is 0.327 e. The number of nitrogens with one attached hydrogen (secondary N) is 2. The molecule has 0 aromatic heterocycles. The van der Waals surface area contributed by atoms with Crippen LogP contribution in [0.15, 0.2) is 78.4 Å². The van der Waals surface area contributed by atoms with E-state index in [2.05, 4.69) is 73.9 Å². The van der Waals surface area contributed by atoms with Crippen LogP contribution < -0.4 is 10.6 Å². The van der Waals surface area contributed by atoms with Gasteiger partial charge in [0, 0.05) is 37.9 Å². The van der Waals surface area contributed by atoms with Crippen molar-refractivity contribution in [3.8, 4) is 0 Å². The van der Waals surface area contributed by atoms with Crippen molar-refractivity contribution in [3.63, 3.8) is 0 Å². The molecule has 62 heavy (non-hydrogen) atoms. The summed E-state index contributed by atoms with van der Waals surface area (Å²) in [7, 11) is 0. The SMILES string of the molecule is CC1(C)CC2C(=Cc3ccc(CN4OC5C6OC7(Cc8ccccc8C7)OC6C6CC5(C(=O)NCc5cccc(C(=O)NCCO)c5)C4C(=O)O6)cc3)CCC3OC3(C)CCC21. The number of nitrogens with zero attached hydrogens (tertiary/aromatic N) is 1. The van der Waals surface area contributed by atoms with Gasteiger partial charge in [0.15, 0.2) is 11.8 Å². The Morgan fingerprint density at radius 2 is 1.66 bits per heavy atom. The highest BCUT2D eigenvalue weighted by Crippen LogP contribution is 2.61. The monoisotopic (exact) mass is 843 g/mol. The molecule has 2 bridgehead atoms. The number of benzene rings is 3. The summed E-state index contributed by atoms with van der Waals surface area (Å²) in [5.41, 5.74) is 6.08. The second-order valence-corrected chi connectivity index (χ2v) is 20.1. The topological polar surface area (TPSA) is 148 Å². The fourth-order valence-electron chi connectivity index (χ4n) is 12.5. The summed E-state index contributed by atoms with van der Waals surface area (Å²) in [6, 6.07) is 22.6. The molecule has 4 heterocycles. The summed E-state index contributed by atoms with van der Waals surface area (Å²) in [5, 5.41) is 16.6. The van der Waals surface area contributed by atoms with Gasteiger partial charge in [-0.1, -0.05) is 86.2 Å². The average molecular weight is 844 g/mol. The highest BCUT2D eigenvalue weighted by Gasteiger charge is 2.76. The molecule has 2 amide bonds. The number of carbonyl (C=O) groups excluding carboxylic acids is 3. The van der Waals surface area contributed by atoms with Crippen molar-refractivity contribution in [2.75, 3.05) is 13.2 Å². The van der Waals surface area contributed by atoms with Gasteiger partial charge < -0.3 is 34.7 Å². The first-order valence-electron chi connectivity index (χ1n) is 22.7. The van der Waals surface area contributed by atoms with Crippen LogP contribution in [0.5, 0.6) is 0 Å². The van der Waals surface area contributed by atoms with Crippen LogP contribution in [0.2, 0.25) is 0 Å². The van der Waals surface area contributed by atoms with Crippen LogP contribution >= 0.6 is 0 Å². The smallest absolute Gasteiger partial charge is 0.327 e. The number of hydrogen-bond acceptors (Lipinski definition) is 10. The zero-order valence-corrected chi connectivity index (χ0v) is 35.8. The van der Waals surface area contributed by atoms with Crippen molar-refractivity contribution in [2.45, 2.75) is 133 Å². The Hall–Kier alpha value is -4.43. The Morgan fingerprint density at radius 3 is 2.42 bits per heavy atom. The highest BCUT2D eigenvalue weighted by atomic mass is 16.8. The number of ether oxygens (including phenoxy) is 4. The van der Waals surface area contributed by atoms with E-state index in [1.165, 1.54) is 18.4 Å². The lowest BCUT2D eigenvalue weighted by atomic mass is 9.52. The molecule has 1 spiro atoms. The predicted molar refractivity (Wildman–Crippen MR) is 227 cm³/mol. The largest absolute Gasteiger partial charge is 0.458 e. The molecule has 4 aliphatic carbocycles. The standard InChI is InChI=1S/C50H57N3O9/c1-47(2)25-36-32(15-16-39-48(3,59-39)18-17-37(36)47)21-29-11-13-30(14-12-29)28-53-42-45(56)58-38-26-50(42,46(57)52-27-31-7-6-10-33(22-31)44(55)51-19-20-54)43(62-53)41-40(38)60-49(61-41)23-34-8-4-5-9-35(34)24-49/h4-14,21-22,36-43,54H,15-20,23-28H2,1-3H3,(H,51,55)(H,52,57). The third-order valence-corrected chi connectivity index (χ3v) is 15.8. The molecule has 3 N–H and O–H groups in total. The Labute approximate surface area is 362 Å². The number of fused-ring (bicyclic) bond motifs is 7. The third-order valence-electron chi connectivity index (χ3n) is 15.8. The fourth-order valence-corrected chi connectivity index (χ4v) is 12.5. The van der Waals surface area contributed by atoms with Crippen molar-refractivity contribution in [3.05, 3.63) is 112 Å². The van der Waals surface area contributed by atoms with E-state index in [-0.39, 0.29) is 50.1 Å². The lowest BCUT2D eigenvalue weighted by molar-refractivity contribution is -0.217. The van der Waals surface area contributed by atoms with E-state index < -0.39 is 47.6 Å². The lowest BCUT2D eigenvalue weighted by Crippen LogP contribution is -2.69. The van der Waals surface area contributed by atoms with Gasteiger partial charge in [-0.2, -0.15) is 5.06 Å². The molecule has 3 saturated carbocycles. The van der Waals surface area contributed by atoms with E-state index in [4.69, 9.17) is 23.8 Å². The number of esters is 1. The molecule has 12 heteroatoms. The van der Waals surface area contributed by atoms with Gasteiger partial charge in [0.2, 0.25) is 5.91 Å². The molecule has 0 radical (unpaired) electrons. The molecular formula is C50H57N3O9. The van der Waals surface area contributed by atoms with E-state index in [0.29, 0.717) is 47.3 Å². The molecule has 4 saturated heterocycles. The van der Waals surface area contributed by atoms with Gasteiger partial charge in [0.1, 0.15) is 29.8 Å². The second kappa shape index (κ2) is 14.8. The molecule has 326 valence electrons. The van der Waals surface area contributed by atoms with Crippen LogP contribution in [-0.4, -0.2) is 89.1 Å². The van der Waals surface area contributed by atoms with E-state index in [1.54, 1.807) is 23.3 Å². The number of hydroxylamine groups is 2. The number of epoxide rings is 1. The maximum absolute atomic E-state index is 14.9. The second-order valence-electron chi connectivity index (χ2n) is 20.1. The number of rotatable bonds is 9. The Kier molecular flexibility index (Phi) is 9.65. The van der Waals surface area contributed by atoms with E-state index in [9.17, 15) is 19.5 Å². The minimum Gasteiger partial charge on any atom is -0.458 e. The molecule has 8 aliphatic rings. The molecule has 7 fully saturated rings. The Balaban J connectivity index is 0.867. The molecule has 12 nitrogen and oxygen atoms in total. The number of hydrogen-bond donors (Lipinski definition) is 3. The van der Waals surface area contributed by atoms with Gasteiger partial charge in [-0.05, 0) is 96.2 Å². The van der Waals surface area contributed by atoms with Crippen LogP contribution in [0.25, 0.3) is 6.08 Å². The fraction of sp³-hybridized carbons (Fsp3) is 0.540. The summed E-state index contributed by atoms with van der Waals surface area (Å²) >= 11 is 0. The highest BCUT2D eigenvalue weighted by molar-refractivity contribution is 5.95. The summed E-state index contributed by atoms with van der Waals surface area (Å²) < 4.78 is 26.2. The molecule has 3 aromatic rings. The van der Waals surface area contributed by atoms with Crippen LogP contribution in [0.4, 0.5) is 0 Å². The van der Waals surface area contributed by atoms with Crippen molar-refractivity contribution in [1.82, 2.24) is 15.7 Å². The molecular weight excluding hydrogens is 787 g/mol. The Morgan fingerprint density at radius 1 is 0.887 bits per heavy atom. The van der Waals surface area contributed by atoms with Crippen molar-refractivity contribution < 1.29 is 43.3 Å². The molecule has 3 aromatic carbocycles. The van der Waals surface area contributed by atoms with Gasteiger partial charge in [0.25, 0.3) is 5.91 Å². The first-order chi connectivity index (χ1) is 29.9. The van der Waals surface area contributed by atoms with E-state index in [0.717, 1.165) is 41.5 Å². The number of aliphatic hydroxyl groups is 1. The average Bonchev–Trinajstić information content (AvgIpc) is 3.53. The first-order valence-corrected chi connectivity index (χ1v) is 22.7. The van der Waals surface area contributed by atoms with Gasteiger partial charge in [-0.15, -0.1) is 0 Å². The zero-order chi connectivity index (χ0) is 42.6. The normalized spacial score (nSPS) is 36.2. The number of aliphatic hydroxyl groups excluding tert-OH is 1. The zero-order valence-electron chi connectivity index (χ0n) is 35.8. The van der Waals surface area contributed by atoms with Gasteiger partial charge in [0.05, 0.1) is 24.9 Å². The summed E-state index contributed by atoms with van der Waals surface area (Å²) in [6.07, 6.45) is 6.90. The molecule has 11 rings (SSSR count). The quantitative estimate of drug-likeness (QED) is 0.184. The minimum atomic E-state index is -1.34. The van der Waals surface area contributed by atoms with Gasteiger partial charge >= 0.3 is 5.97 Å². The van der Waals surface area contributed by atoms with Gasteiger partial charge in [-0.25, -0.2) is 0 Å². The predicted octanol–water partition coefficient (Wildman–Crippen LogP) is 5.58. The number of allylic oxidation sites excluding steroid dienone is 1. The first kappa shape index (κ1) is 40.4. The summed E-state index contributed by atoms with van der Waals surface area (Å²) in [4.78, 5) is 48.8. The summed E-state index contributed by atoms with van der Waals surface area (Å²) in [5.74, 6) is -0.874. The Bertz CT molecular complexity index is 2300. The maximum atomic E-state index is 14.9. The van der Waals surface area contributed by atoms with Crippen LogP contribution in [0, 0.1) is 22.7 Å². The summed E-state index contributed by atoms with van der Waals surface area (Å²) in [6.45, 7) is 7.46. The van der Waals surface area contributed by atoms with Crippen molar-refractivity contribution in [2.24, 2.45) is 22.7 Å². The molecule has 4 aliphatic heterocycles. The van der Waals surface area contributed by atoms with Crippen LogP contribution in [-0.2, 0) is 59.3 Å². The van der Waals surface area contributed by atoms with Crippen molar-refractivity contribution >= 4 is 23.9 Å². The van der Waals surface area contributed by atoms with E-state index in [1.807, 2.05) is 18.2 Å². The van der Waals surface area contributed by atoms with Crippen LogP contribution in [0.3, 0.4) is 0 Å². The van der Waals surface area contributed by atoms with Crippen LogP contribution in [0.1, 0.15) is 97.5 Å². The minimum absolute atomic E-state index is 0.0433. The third kappa shape index (κ3) is 6.67. The lowest BCUT2D eigenvalue weighted by Gasteiger charge is -2.53. The van der Waals surface area contributed by atoms with E-state index >= 15 is 0 Å².